The van der Waals surface area contributed by atoms with Crippen LogP contribution in [0.25, 0.3) is 0 Å². The molecular formula is C15H11BrClIO2. The Kier molecular flexibility index (Phi) is 4.43. The monoisotopic (exact) mass is 464 g/mol. The molecule has 2 aromatic carbocycles. The number of rotatable bonds is 2. The molecule has 0 fully saturated rings. The number of alkyl halides is 1. The molecule has 0 aromatic heterocycles. The number of ether oxygens (including phenoxy) is 2. The minimum Gasteiger partial charge on any atom is -0.486 e. The van der Waals surface area contributed by atoms with Crippen LogP contribution in [-0.2, 0) is 0 Å². The summed E-state index contributed by atoms with van der Waals surface area (Å²) in [5.74, 6) is 1.47. The van der Waals surface area contributed by atoms with Crippen LogP contribution in [0.3, 0.4) is 0 Å². The molecule has 0 spiro atoms. The van der Waals surface area contributed by atoms with Gasteiger partial charge in [-0.25, -0.2) is 0 Å². The van der Waals surface area contributed by atoms with E-state index < -0.39 is 0 Å². The summed E-state index contributed by atoms with van der Waals surface area (Å²) < 4.78 is 12.4. The van der Waals surface area contributed by atoms with Gasteiger partial charge in [-0.3, -0.25) is 0 Å². The summed E-state index contributed by atoms with van der Waals surface area (Å²) in [6.07, 6.45) is 0. The lowest BCUT2D eigenvalue weighted by molar-refractivity contribution is 0.171. The second-order valence-corrected chi connectivity index (χ2v) is 6.89. The Morgan fingerprint density at radius 3 is 2.40 bits per heavy atom. The molecule has 0 amide bonds. The molecule has 0 aliphatic carbocycles. The van der Waals surface area contributed by atoms with E-state index in [0.29, 0.717) is 24.0 Å². The van der Waals surface area contributed by atoms with Crippen molar-refractivity contribution in [3.8, 4) is 11.5 Å². The van der Waals surface area contributed by atoms with Crippen molar-refractivity contribution in [1.82, 2.24) is 0 Å². The third kappa shape index (κ3) is 2.78. The van der Waals surface area contributed by atoms with Crippen molar-refractivity contribution < 1.29 is 9.47 Å². The summed E-state index contributed by atoms with van der Waals surface area (Å²) in [5, 5.41) is 0.677. The Morgan fingerprint density at radius 2 is 1.70 bits per heavy atom. The van der Waals surface area contributed by atoms with E-state index in [9.17, 15) is 0 Å². The van der Waals surface area contributed by atoms with E-state index >= 15 is 0 Å². The van der Waals surface area contributed by atoms with Crippen molar-refractivity contribution in [3.63, 3.8) is 0 Å². The van der Waals surface area contributed by atoms with E-state index in [1.165, 1.54) is 9.13 Å². The zero-order chi connectivity index (χ0) is 14.1. The van der Waals surface area contributed by atoms with Crippen molar-refractivity contribution in [1.29, 1.82) is 0 Å². The minimum atomic E-state index is 0.0268. The summed E-state index contributed by atoms with van der Waals surface area (Å²) in [6.45, 7) is 1.14. The Labute approximate surface area is 144 Å². The lowest BCUT2D eigenvalue weighted by Gasteiger charge is -2.21. The smallest absolute Gasteiger partial charge is 0.162 e. The maximum absolute atomic E-state index is 6.39. The lowest BCUT2D eigenvalue weighted by Crippen LogP contribution is -2.15. The summed E-state index contributed by atoms with van der Waals surface area (Å²) in [6, 6.07) is 12.0. The molecule has 1 unspecified atom stereocenters. The molecular weight excluding hydrogens is 454 g/mol. The van der Waals surface area contributed by atoms with Crippen LogP contribution in [0.2, 0.25) is 5.02 Å². The Hall–Kier alpha value is -0.460. The van der Waals surface area contributed by atoms with E-state index in [4.69, 9.17) is 21.1 Å². The molecule has 0 saturated heterocycles. The van der Waals surface area contributed by atoms with Crippen molar-refractivity contribution in [2.75, 3.05) is 13.2 Å². The number of hydrogen-bond donors (Lipinski definition) is 0. The van der Waals surface area contributed by atoms with Gasteiger partial charge in [0.2, 0.25) is 0 Å². The van der Waals surface area contributed by atoms with Crippen molar-refractivity contribution in [2.24, 2.45) is 0 Å². The van der Waals surface area contributed by atoms with Gasteiger partial charge in [-0.15, -0.1) is 0 Å². The predicted octanol–water partition coefficient (Wildman–Crippen LogP) is 5.20. The average Bonchev–Trinajstić information content (AvgIpc) is 2.46. The van der Waals surface area contributed by atoms with Gasteiger partial charge >= 0.3 is 0 Å². The molecule has 0 N–H and O–H groups in total. The molecule has 1 atom stereocenters. The first-order valence-electron chi connectivity index (χ1n) is 6.14. The van der Waals surface area contributed by atoms with E-state index in [1.807, 2.05) is 24.3 Å². The molecule has 5 heteroatoms. The Balaban J connectivity index is 2.03. The molecule has 0 radical (unpaired) electrons. The molecule has 2 nitrogen and oxygen atoms in total. The summed E-state index contributed by atoms with van der Waals surface area (Å²) in [4.78, 5) is 0.0268. The molecule has 1 heterocycles. The highest BCUT2D eigenvalue weighted by molar-refractivity contribution is 14.1. The predicted molar refractivity (Wildman–Crippen MR) is 92.4 cm³/mol. The first kappa shape index (κ1) is 14.5. The second kappa shape index (κ2) is 6.12. The van der Waals surface area contributed by atoms with Crippen molar-refractivity contribution in [2.45, 2.75) is 4.83 Å². The van der Waals surface area contributed by atoms with E-state index in [1.54, 1.807) is 0 Å². The van der Waals surface area contributed by atoms with Gasteiger partial charge < -0.3 is 9.47 Å². The van der Waals surface area contributed by atoms with Crippen LogP contribution in [0.15, 0.2) is 36.4 Å². The highest BCUT2D eigenvalue weighted by atomic mass is 127. The molecule has 3 rings (SSSR count). The van der Waals surface area contributed by atoms with Gasteiger partial charge in [-0.05, 0) is 45.9 Å². The van der Waals surface area contributed by atoms with Gasteiger partial charge in [0.25, 0.3) is 0 Å². The SMILES string of the molecule is Clc1cc2c(cc1C(Br)c1ccccc1I)OCCO2. The van der Waals surface area contributed by atoms with Gasteiger partial charge in [-0.2, -0.15) is 0 Å². The normalized spacial score (nSPS) is 14.9. The number of fused-ring (bicyclic) bond motifs is 1. The fraction of sp³-hybridized carbons (Fsp3) is 0.200. The number of benzene rings is 2. The zero-order valence-corrected chi connectivity index (χ0v) is 14.9. The average molecular weight is 466 g/mol. The molecule has 2 aromatic rings. The second-order valence-electron chi connectivity index (χ2n) is 4.40. The number of halogens is 3. The van der Waals surface area contributed by atoms with Crippen LogP contribution in [0.4, 0.5) is 0 Å². The van der Waals surface area contributed by atoms with Gasteiger partial charge in [0.15, 0.2) is 11.5 Å². The summed E-state index contributed by atoms with van der Waals surface area (Å²) >= 11 is 12.5. The van der Waals surface area contributed by atoms with Gasteiger partial charge in [0.05, 0.1) is 4.83 Å². The molecule has 104 valence electrons. The Morgan fingerprint density at radius 1 is 1.05 bits per heavy atom. The maximum atomic E-state index is 6.39. The Bertz CT molecular complexity index is 648. The highest BCUT2D eigenvalue weighted by Gasteiger charge is 2.21. The largest absolute Gasteiger partial charge is 0.486 e. The fourth-order valence-corrected chi connectivity index (χ4v) is 4.42. The molecule has 0 saturated carbocycles. The van der Waals surface area contributed by atoms with E-state index in [-0.39, 0.29) is 4.83 Å². The van der Waals surface area contributed by atoms with Crippen LogP contribution in [0.1, 0.15) is 16.0 Å². The van der Waals surface area contributed by atoms with Crippen LogP contribution in [0, 0.1) is 3.57 Å². The standard InChI is InChI=1S/C15H11BrClIO2/c16-15(9-3-1-2-4-12(9)18)10-7-13-14(8-11(10)17)20-6-5-19-13/h1-4,7-8,15H,5-6H2. The highest BCUT2D eigenvalue weighted by Crippen LogP contribution is 2.43. The quantitative estimate of drug-likeness (QED) is 0.448. The fourth-order valence-electron chi connectivity index (χ4n) is 2.12. The van der Waals surface area contributed by atoms with Crippen LogP contribution in [-0.4, -0.2) is 13.2 Å². The molecule has 0 bridgehead atoms. The van der Waals surface area contributed by atoms with Gasteiger partial charge in [0, 0.05) is 14.7 Å². The van der Waals surface area contributed by atoms with Crippen LogP contribution < -0.4 is 9.47 Å². The summed E-state index contributed by atoms with van der Waals surface area (Å²) in [7, 11) is 0. The molecule has 1 aliphatic rings. The van der Waals surface area contributed by atoms with Crippen LogP contribution in [0.5, 0.6) is 11.5 Å². The van der Waals surface area contributed by atoms with E-state index in [2.05, 4.69) is 50.7 Å². The zero-order valence-electron chi connectivity index (χ0n) is 10.4. The van der Waals surface area contributed by atoms with Crippen molar-refractivity contribution in [3.05, 3.63) is 56.1 Å². The van der Waals surface area contributed by atoms with Gasteiger partial charge in [-0.1, -0.05) is 45.7 Å². The minimum absolute atomic E-state index is 0.0268. The van der Waals surface area contributed by atoms with Crippen molar-refractivity contribution >= 4 is 50.1 Å². The van der Waals surface area contributed by atoms with Crippen LogP contribution >= 0.6 is 50.1 Å². The third-order valence-electron chi connectivity index (χ3n) is 3.11. The first-order valence-corrected chi connectivity index (χ1v) is 8.51. The topological polar surface area (TPSA) is 18.5 Å². The third-order valence-corrected chi connectivity index (χ3v) is 5.41. The van der Waals surface area contributed by atoms with E-state index in [0.717, 1.165) is 11.3 Å². The molecule has 20 heavy (non-hydrogen) atoms. The molecule has 1 aliphatic heterocycles. The summed E-state index contributed by atoms with van der Waals surface area (Å²) in [5.41, 5.74) is 2.17. The first-order chi connectivity index (χ1) is 9.66. The van der Waals surface area contributed by atoms with Gasteiger partial charge in [0.1, 0.15) is 13.2 Å². The lowest BCUT2D eigenvalue weighted by atomic mass is 10.0. The number of hydrogen-bond acceptors (Lipinski definition) is 2. The maximum Gasteiger partial charge on any atom is 0.162 e.